The summed E-state index contributed by atoms with van der Waals surface area (Å²) in [5.74, 6) is -0.178. The van der Waals surface area contributed by atoms with E-state index in [1.807, 2.05) is 0 Å². The van der Waals surface area contributed by atoms with Crippen molar-refractivity contribution in [2.45, 2.75) is 6.92 Å². The van der Waals surface area contributed by atoms with Gasteiger partial charge in [0.25, 0.3) is 5.56 Å². The Hall–Kier alpha value is -0.960. The number of aromatic nitrogens is 1. The van der Waals surface area contributed by atoms with E-state index in [0.717, 1.165) is 0 Å². The summed E-state index contributed by atoms with van der Waals surface area (Å²) in [4.78, 5) is 13.1. The molecule has 1 rings (SSSR count). The molecule has 0 atom stereocenters. The molecule has 2 N–H and O–H groups in total. The van der Waals surface area contributed by atoms with Crippen molar-refractivity contribution in [3.8, 4) is 5.75 Å². The Labute approximate surface area is 62.3 Å². The summed E-state index contributed by atoms with van der Waals surface area (Å²) in [6, 6.07) is 1.39. The van der Waals surface area contributed by atoms with Crippen LogP contribution >= 0.6 is 11.6 Å². The van der Waals surface area contributed by atoms with Crippen LogP contribution in [0.3, 0.4) is 0 Å². The van der Waals surface area contributed by atoms with E-state index >= 15 is 0 Å². The minimum absolute atomic E-state index is 0.161. The molecule has 0 fully saturated rings. The fraction of sp³-hybridized carbons (Fsp3) is 0.167. The highest BCUT2D eigenvalue weighted by Crippen LogP contribution is 2.17. The third-order valence-electron chi connectivity index (χ3n) is 1.09. The molecule has 1 aromatic rings. The van der Waals surface area contributed by atoms with Crippen molar-refractivity contribution in [3.05, 3.63) is 27.1 Å². The Bertz CT molecular complexity index is 305. The molecule has 1 aromatic heterocycles. The van der Waals surface area contributed by atoms with Gasteiger partial charge in [-0.05, 0) is 6.92 Å². The lowest BCUT2D eigenvalue weighted by molar-refractivity contribution is 0.473. The summed E-state index contributed by atoms with van der Waals surface area (Å²) in [5.41, 5.74) is 0.131. The molecule has 3 nitrogen and oxygen atoms in total. The van der Waals surface area contributed by atoms with Crippen molar-refractivity contribution in [3.63, 3.8) is 0 Å². The lowest BCUT2D eigenvalue weighted by Gasteiger charge is -1.95. The summed E-state index contributed by atoms with van der Waals surface area (Å²) in [7, 11) is 0. The quantitative estimate of drug-likeness (QED) is 0.595. The molecular formula is C6H6ClNO2. The van der Waals surface area contributed by atoms with Crippen LogP contribution in [0.2, 0.25) is 5.02 Å². The van der Waals surface area contributed by atoms with E-state index < -0.39 is 5.56 Å². The number of H-pyrrole nitrogens is 1. The van der Waals surface area contributed by atoms with Gasteiger partial charge >= 0.3 is 0 Å². The molecule has 0 aliphatic rings. The molecular weight excluding hydrogens is 154 g/mol. The summed E-state index contributed by atoms with van der Waals surface area (Å²) in [6.45, 7) is 1.66. The lowest BCUT2D eigenvalue weighted by Crippen LogP contribution is -2.06. The van der Waals surface area contributed by atoms with Crippen LogP contribution in [0, 0.1) is 6.92 Å². The van der Waals surface area contributed by atoms with E-state index in [0.29, 0.717) is 5.69 Å². The second-order valence-electron chi connectivity index (χ2n) is 1.98. The number of aromatic hydroxyl groups is 1. The van der Waals surface area contributed by atoms with E-state index in [4.69, 9.17) is 16.7 Å². The number of nitrogens with one attached hydrogen (secondary N) is 1. The van der Waals surface area contributed by atoms with Crippen LogP contribution in [0.5, 0.6) is 5.75 Å². The van der Waals surface area contributed by atoms with Gasteiger partial charge in [0.1, 0.15) is 10.8 Å². The van der Waals surface area contributed by atoms with Crippen LogP contribution in [0.1, 0.15) is 5.69 Å². The normalized spacial score (nSPS) is 9.80. The van der Waals surface area contributed by atoms with E-state index in [1.54, 1.807) is 6.92 Å². The van der Waals surface area contributed by atoms with Gasteiger partial charge in [0.15, 0.2) is 0 Å². The highest BCUT2D eigenvalue weighted by atomic mass is 35.5. The number of pyridine rings is 1. The smallest absolute Gasteiger partial charge is 0.270 e. The average molecular weight is 160 g/mol. The van der Waals surface area contributed by atoms with Crippen LogP contribution < -0.4 is 5.56 Å². The van der Waals surface area contributed by atoms with Gasteiger partial charge in [0.05, 0.1) is 0 Å². The predicted octanol–water partition coefficient (Wildman–Crippen LogP) is 1.04. The van der Waals surface area contributed by atoms with Gasteiger partial charge in [-0.25, -0.2) is 0 Å². The number of halogens is 1. The number of hydrogen-bond donors (Lipinski definition) is 2. The van der Waals surface area contributed by atoms with Crippen LogP contribution in [0.4, 0.5) is 0 Å². The zero-order valence-electron chi connectivity index (χ0n) is 5.31. The molecule has 0 aliphatic carbocycles. The van der Waals surface area contributed by atoms with Crippen LogP contribution in [0.15, 0.2) is 10.9 Å². The third-order valence-corrected chi connectivity index (χ3v) is 1.45. The second-order valence-corrected chi connectivity index (χ2v) is 2.36. The molecule has 1 heterocycles. The van der Waals surface area contributed by atoms with Crippen LogP contribution in [-0.2, 0) is 0 Å². The molecule has 4 heteroatoms. The zero-order chi connectivity index (χ0) is 7.72. The van der Waals surface area contributed by atoms with Crippen molar-refractivity contribution in [2.24, 2.45) is 0 Å². The van der Waals surface area contributed by atoms with Gasteiger partial charge in [-0.1, -0.05) is 11.6 Å². The molecule has 10 heavy (non-hydrogen) atoms. The molecule has 0 radical (unpaired) electrons. The topological polar surface area (TPSA) is 53.1 Å². The van der Waals surface area contributed by atoms with E-state index in [9.17, 15) is 4.79 Å². The summed E-state index contributed by atoms with van der Waals surface area (Å²) >= 11 is 5.36. The minimum atomic E-state index is -0.459. The Morgan fingerprint density at radius 2 is 2.30 bits per heavy atom. The van der Waals surface area contributed by atoms with Crippen LogP contribution in [0.25, 0.3) is 0 Å². The molecule has 0 amide bonds. The highest BCUT2D eigenvalue weighted by Gasteiger charge is 2.01. The van der Waals surface area contributed by atoms with Gasteiger partial charge in [-0.15, -0.1) is 0 Å². The van der Waals surface area contributed by atoms with E-state index in [1.165, 1.54) is 6.07 Å². The van der Waals surface area contributed by atoms with Gasteiger partial charge in [-0.2, -0.15) is 0 Å². The van der Waals surface area contributed by atoms with Gasteiger partial charge in [0.2, 0.25) is 0 Å². The van der Waals surface area contributed by atoms with E-state index in [2.05, 4.69) is 4.98 Å². The minimum Gasteiger partial charge on any atom is -0.506 e. The fourth-order valence-corrected chi connectivity index (χ4v) is 0.757. The maximum Gasteiger partial charge on any atom is 0.270 e. The number of hydrogen-bond acceptors (Lipinski definition) is 2. The molecule has 54 valence electrons. The molecule has 0 bridgehead atoms. The average Bonchev–Trinajstić information content (AvgIpc) is 1.82. The third kappa shape index (κ3) is 1.14. The van der Waals surface area contributed by atoms with Gasteiger partial charge < -0.3 is 10.1 Å². The largest absolute Gasteiger partial charge is 0.506 e. The predicted molar refractivity (Wildman–Crippen MR) is 38.5 cm³/mol. The van der Waals surface area contributed by atoms with Crippen LogP contribution in [-0.4, -0.2) is 10.1 Å². The summed E-state index contributed by atoms with van der Waals surface area (Å²) in [6.07, 6.45) is 0. The Balaban J connectivity index is 3.46. The number of aromatic amines is 1. The standard InChI is InChI=1S/C6H6ClNO2/c1-3-2-4(9)5(7)6(10)8-3/h2H,1H3,(H2,8,9,10). The number of aryl methyl sites for hydroxylation is 1. The molecule has 0 aromatic carbocycles. The van der Waals surface area contributed by atoms with Crippen molar-refractivity contribution in [1.29, 1.82) is 0 Å². The van der Waals surface area contributed by atoms with Crippen molar-refractivity contribution in [2.75, 3.05) is 0 Å². The SMILES string of the molecule is Cc1cc(O)c(Cl)c(=O)[nH]1. The molecule has 0 saturated carbocycles. The lowest BCUT2D eigenvalue weighted by atomic mass is 10.3. The Morgan fingerprint density at radius 1 is 1.70 bits per heavy atom. The monoisotopic (exact) mass is 159 g/mol. The molecule has 0 saturated heterocycles. The Kier molecular flexibility index (Phi) is 1.68. The van der Waals surface area contributed by atoms with E-state index in [-0.39, 0.29) is 10.8 Å². The molecule has 0 aliphatic heterocycles. The fourth-order valence-electron chi connectivity index (χ4n) is 0.655. The van der Waals surface area contributed by atoms with Gasteiger partial charge in [0, 0.05) is 11.8 Å². The first kappa shape index (κ1) is 7.15. The first-order valence-corrected chi connectivity index (χ1v) is 3.07. The molecule has 0 unspecified atom stereocenters. The van der Waals surface area contributed by atoms with Crippen molar-refractivity contribution < 1.29 is 5.11 Å². The number of rotatable bonds is 0. The second kappa shape index (κ2) is 2.34. The molecule has 0 spiro atoms. The summed E-state index contributed by atoms with van der Waals surface area (Å²) < 4.78 is 0. The first-order chi connectivity index (χ1) is 4.61. The first-order valence-electron chi connectivity index (χ1n) is 2.69. The van der Waals surface area contributed by atoms with Crippen molar-refractivity contribution in [1.82, 2.24) is 4.98 Å². The van der Waals surface area contributed by atoms with Gasteiger partial charge in [-0.3, -0.25) is 4.79 Å². The highest BCUT2D eigenvalue weighted by molar-refractivity contribution is 6.31. The maximum atomic E-state index is 10.7. The maximum absolute atomic E-state index is 10.7. The van der Waals surface area contributed by atoms with Crippen molar-refractivity contribution >= 4 is 11.6 Å². The summed E-state index contributed by atoms with van der Waals surface area (Å²) in [5, 5.41) is 8.77. The Morgan fingerprint density at radius 3 is 2.80 bits per heavy atom. The zero-order valence-corrected chi connectivity index (χ0v) is 6.07.